The largest absolute Gasteiger partial charge is 0.454 e. The minimum Gasteiger partial charge on any atom is -0.454 e. The average Bonchev–Trinajstić information content (AvgIpc) is 3.28. The molecule has 1 saturated carbocycles. The molecule has 2 aliphatic heterocycles. The molecule has 4 nitrogen and oxygen atoms in total. The van der Waals surface area contributed by atoms with E-state index in [0.29, 0.717) is 25.4 Å². The second-order valence-electron chi connectivity index (χ2n) is 7.69. The molecule has 2 heterocycles. The Balaban J connectivity index is 1.49. The number of fused-ring (bicyclic) bond motifs is 2. The number of likely N-dealkylation sites (tertiary alicyclic amines) is 1. The number of carbonyl (C=O) groups excluding carboxylic acids is 1. The number of benzene rings is 2. The van der Waals surface area contributed by atoms with Gasteiger partial charge in [0, 0.05) is 30.8 Å². The van der Waals surface area contributed by atoms with Gasteiger partial charge in [-0.3, -0.25) is 9.69 Å². The van der Waals surface area contributed by atoms with Crippen molar-refractivity contribution < 1.29 is 14.3 Å². The maximum Gasteiger partial charge on any atom is 0.231 e. The zero-order chi connectivity index (χ0) is 17.6. The summed E-state index contributed by atoms with van der Waals surface area (Å²) in [5, 5.41) is 0. The molecular formula is C22H23NO3. The Kier molecular flexibility index (Phi) is 3.75. The molecule has 2 aromatic rings. The molecule has 2 fully saturated rings. The quantitative estimate of drug-likeness (QED) is 0.847. The van der Waals surface area contributed by atoms with Gasteiger partial charge in [0.25, 0.3) is 0 Å². The first-order chi connectivity index (χ1) is 12.7. The summed E-state index contributed by atoms with van der Waals surface area (Å²) in [7, 11) is 0. The van der Waals surface area contributed by atoms with Crippen LogP contribution in [0.5, 0.6) is 11.5 Å². The molecule has 2 atom stereocenters. The Labute approximate surface area is 153 Å². The van der Waals surface area contributed by atoms with Gasteiger partial charge in [-0.05, 0) is 42.6 Å². The van der Waals surface area contributed by atoms with E-state index in [1.807, 2.05) is 6.07 Å². The van der Waals surface area contributed by atoms with E-state index in [1.54, 1.807) is 0 Å². The van der Waals surface area contributed by atoms with E-state index in [1.165, 1.54) is 11.1 Å². The van der Waals surface area contributed by atoms with E-state index in [9.17, 15) is 4.79 Å². The Morgan fingerprint density at radius 1 is 1.04 bits per heavy atom. The van der Waals surface area contributed by atoms with Crippen molar-refractivity contribution in [2.24, 2.45) is 0 Å². The van der Waals surface area contributed by atoms with E-state index < -0.39 is 0 Å². The molecule has 0 aromatic heterocycles. The first kappa shape index (κ1) is 15.9. The van der Waals surface area contributed by atoms with Crippen molar-refractivity contribution in [3.63, 3.8) is 0 Å². The SMILES string of the molecule is O=C1CCC2(c3ccc4c(c3)OCO4)CCN(Cc3ccccc3)C2C1. The number of ketones is 1. The second-order valence-corrected chi connectivity index (χ2v) is 7.69. The lowest BCUT2D eigenvalue weighted by atomic mass is 9.66. The molecule has 1 saturated heterocycles. The predicted octanol–water partition coefficient (Wildman–Crippen LogP) is 3.68. The minimum atomic E-state index is 0.0453. The number of hydrogen-bond donors (Lipinski definition) is 0. The summed E-state index contributed by atoms with van der Waals surface area (Å²) in [6, 6.07) is 17.2. The van der Waals surface area contributed by atoms with E-state index >= 15 is 0 Å². The van der Waals surface area contributed by atoms with Gasteiger partial charge in [-0.15, -0.1) is 0 Å². The van der Waals surface area contributed by atoms with Crippen molar-refractivity contribution in [2.45, 2.75) is 43.7 Å². The highest BCUT2D eigenvalue weighted by atomic mass is 16.7. The van der Waals surface area contributed by atoms with Crippen molar-refractivity contribution in [3.8, 4) is 11.5 Å². The van der Waals surface area contributed by atoms with Crippen molar-refractivity contribution in [3.05, 3.63) is 59.7 Å². The van der Waals surface area contributed by atoms with Crippen LogP contribution in [-0.2, 0) is 16.8 Å². The van der Waals surface area contributed by atoms with E-state index in [2.05, 4.69) is 47.4 Å². The third-order valence-corrected chi connectivity index (χ3v) is 6.37. The Bertz CT molecular complexity index is 835. The average molecular weight is 349 g/mol. The lowest BCUT2D eigenvalue weighted by Crippen LogP contribution is -2.47. The number of ether oxygens (including phenoxy) is 2. The van der Waals surface area contributed by atoms with Crippen molar-refractivity contribution in [1.82, 2.24) is 4.90 Å². The van der Waals surface area contributed by atoms with Gasteiger partial charge in [0.15, 0.2) is 11.5 Å². The number of carbonyl (C=O) groups is 1. The summed E-state index contributed by atoms with van der Waals surface area (Å²) in [4.78, 5) is 14.8. The first-order valence-corrected chi connectivity index (χ1v) is 9.44. The van der Waals surface area contributed by atoms with Crippen LogP contribution < -0.4 is 9.47 Å². The number of hydrogen-bond acceptors (Lipinski definition) is 4. The van der Waals surface area contributed by atoms with Gasteiger partial charge in [0.05, 0.1) is 0 Å². The fourth-order valence-corrected chi connectivity index (χ4v) is 5.01. The molecule has 0 spiro atoms. The van der Waals surface area contributed by atoms with Crippen LogP contribution in [0.15, 0.2) is 48.5 Å². The number of nitrogens with zero attached hydrogens (tertiary/aromatic N) is 1. The zero-order valence-corrected chi connectivity index (χ0v) is 14.8. The van der Waals surface area contributed by atoms with Gasteiger partial charge in [0.2, 0.25) is 6.79 Å². The van der Waals surface area contributed by atoms with Gasteiger partial charge in [-0.25, -0.2) is 0 Å². The highest BCUT2D eigenvalue weighted by Gasteiger charge is 2.51. The van der Waals surface area contributed by atoms with Crippen LogP contribution in [-0.4, -0.2) is 30.1 Å². The fraction of sp³-hybridized carbons (Fsp3) is 0.409. The molecule has 0 N–H and O–H groups in total. The molecule has 1 aliphatic carbocycles. The lowest BCUT2D eigenvalue weighted by molar-refractivity contribution is -0.123. The molecular weight excluding hydrogens is 326 g/mol. The molecule has 3 aliphatic rings. The fourth-order valence-electron chi connectivity index (χ4n) is 5.01. The van der Waals surface area contributed by atoms with Crippen molar-refractivity contribution >= 4 is 5.78 Å². The minimum absolute atomic E-state index is 0.0453. The molecule has 4 heteroatoms. The number of rotatable bonds is 3. The molecule has 134 valence electrons. The normalized spacial score (nSPS) is 27.5. The van der Waals surface area contributed by atoms with Gasteiger partial charge in [0.1, 0.15) is 5.78 Å². The smallest absolute Gasteiger partial charge is 0.231 e. The molecule has 2 unspecified atom stereocenters. The van der Waals surface area contributed by atoms with Gasteiger partial charge < -0.3 is 9.47 Å². The lowest BCUT2D eigenvalue weighted by Gasteiger charge is -2.42. The molecule has 0 amide bonds. The standard InChI is InChI=1S/C22H23NO3/c24-18-8-9-22(17-6-7-19-20(12-17)26-15-25-19)10-11-23(21(22)13-18)14-16-4-2-1-3-5-16/h1-7,12,21H,8-11,13-15H2. The van der Waals surface area contributed by atoms with Crippen LogP contribution in [0.4, 0.5) is 0 Å². The summed E-state index contributed by atoms with van der Waals surface area (Å²) in [6.07, 6.45) is 3.37. The van der Waals surface area contributed by atoms with Crippen LogP contribution in [0, 0.1) is 0 Å². The molecule has 5 rings (SSSR count). The van der Waals surface area contributed by atoms with Crippen LogP contribution in [0.2, 0.25) is 0 Å². The highest BCUT2D eigenvalue weighted by molar-refractivity contribution is 5.81. The summed E-state index contributed by atoms with van der Waals surface area (Å²) < 4.78 is 11.1. The third kappa shape index (κ3) is 2.52. The monoisotopic (exact) mass is 349 g/mol. The van der Waals surface area contributed by atoms with Gasteiger partial charge >= 0.3 is 0 Å². The summed E-state index contributed by atoms with van der Waals surface area (Å²) >= 11 is 0. The van der Waals surface area contributed by atoms with E-state index in [0.717, 1.165) is 37.4 Å². The van der Waals surface area contributed by atoms with Crippen LogP contribution in [0.1, 0.15) is 36.8 Å². The Morgan fingerprint density at radius 2 is 1.88 bits per heavy atom. The van der Waals surface area contributed by atoms with E-state index in [4.69, 9.17) is 9.47 Å². The van der Waals surface area contributed by atoms with Crippen LogP contribution in [0.25, 0.3) is 0 Å². The molecule has 0 radical (unpaired) electrons. The zero-order valence-electron chi connectivity index (χ0n) is 14.8. The van der Waals surface area contributed by atoms with Crippen LogP contribution >= 0.6 is 0 Å². The summed E-state index contributed by atoms with van der Waals surface area (Å²) in [5.41, 5.74) is 2.66. The Morgan fingerprint density at radius 3 is 2.77 bits per heavy atom. The highest BCUT2D eigenvalue weighted by Crippen LogP contribution is 2.50. The van der Waals surface area contributed by atoms with Crippen molar-refractivity contribution in [1.29, 1.82) is 0 Å². The maximum atomic E-state index is 12.3. The maximum absolute atomic E-state index is 12.3. The topological polar surface area (TPSA) is 38.8 Å². The molecule has 26 heavy (non-hydrogen) atoms. The molecule has 2 aromatic carbocycles. The van der Waals surface area contributed by atoms with Gasteiger partial charge in [-0.2, -0.15) is 0 Å². The summed E-state index contributed by atoms with van der Waals surface area (Å²) in [5.74, 6) is 2.06. The first-order valence-electron chi connectivity index (χ1n) is 9.44. The predicted molar refractivity (Wildman–Crippen MR) is 98.4 cm³/mol. The second kappa shape index (κ2) is 6.13. The van der Waals surface area contributed by atoms with Crippen LogP contribution in [0.3, 0.4) is 0 Å². The Hall–Kier alpha value is -2.33. The summed E-state index contributed by atoms with van der Waals surface area (Å²) in [6.45, 7) is 2.24. The van der Waals surface area contributed by atoms with Crippen molar-refractivity contribution in [2.75, 3.05) is 13.3 Å². The number of Topliss-reactive ketones (excluding diaryl/α,β-unsaturated/α-hetero) is 1. The molecule has 0 bridgehead atoms. The van der Waals surface area contributed by atoms with E-state index in [-0.39, 0.29) is 11.5 Å². The third-order valence-electron chi connectivity index (χ3n) is 6.37. The van der Waals surface area contributed by atoms with Gasteiger partial charge in [-0.1, -0.05) is 36.4 Å².